The van der Waals surface area contributed by atoms with Crippen LogP contribution in [-0.4, -0.2) is 46.8 Å². The van der Waals surface area contributed by atoms with Crippen LogP contribution in [0.4, 0.5) is 4.79 Å². The Morgan fingerprint density at radius 3 is 2.68 bits per heavy atom. The highest BCUT2D eigenvalue weighted by Gasteiger charge is 2.17. The summed E-state index contributed by atoms with van der Waals surface area (Å²) in [6.07, 6.45) is 2.35. The van der Waals surface area contributed by atoms with Crippen LogP contribution in [0.3, 0.4) is 0 Å². The summed E-state index contributed by atoms with van der Waals surface area (Å²) < 4.78 is 11.0. The maximum absolute atomic E-state index is 11.7. The van der Waals surface area contributed by atoms with Gasteiger partial charge in [-0.25, -0.2) is 14.8 Å². The van der Waals surface area contributed by atoms with Gasteiger partial charge in [0, 0.05) is 25.6 Å². The first kappa shape index (κ1) is 18.5. The van der Waals surface area contributed by atoms with Crippen molar-refractivity contribution >= 4 is 17.7 Å². The Labute approximate surface area is 136 Å². The van der Waals surface area contributed by atoms with Gasteiger partial charge in [0.1, 0.15) is 17.6 Å². The van der Waals surface area contributed by atoms with Gasteiger partial charge in [0.25, 0.3) is 0 Å². The predicted octanol–water partition coefficient (Wildman–Crippen LogP) is 3.46. The molecule has 0 aliphatic carbocycles. The van der Waals surface area contributed by atoms with Crippen molar-refractivity contribution in [2.24, 2.45) is 0 Å². The molecule has 1 rings (SSSR count). The summed E-state index contributed by atoms with van der Waals surface area (Å²) in [5.74, 6) is 0.485. The van der Waals surface area contributed by atoms with Gasteiger partial charge in [0.15, 0.2) is 0 Å². The summed E-state index contributed by atoms with van der Waals surface area (Å²) in [5.41, 5.74) is 0.718. The molecule has 7 heteroatoms. The molecule has 6 nitrogen and oxygen atoms in total. The molecule has 1 heterocycles. The topological polar surface area (TPSA) is 64.6 Å². The van der Waals surface area contributed by atoms with E-state index in [9.17, 15) is 4.79 Å². The molecule has 22 heavy (non-hydrogen) atoms. The van der Waals surface area contributed by atoms with Gasteiger partial charge in [-0.2, -0.15) is 0 Å². The largest absolute Gasteiger partial charge is 0.474 e. The van der Waals surface area contributed by atoms with E-state index in [0.717, 1.165) is 12.0 Å². The van der Waals surface area contributed by atoms with Crippen LogP contribution in [-0.2, 0) is 4.74 Å². The van der Waals surface area contributed by atoms with Crippen LogP contribution in [0.2, 0.25) is 5.15 Å². The van der Waals surface area contributed by atoms with Gasteiger partial charge in [-0.3, -0.25) is 0 Å². The van der Waals surface area contributed by atoms with E-state index in [4.69, 9.17) is 21.1 Å². The Kier molecular flexibility index (Phi) is 7.38. The van der Waals surface area contributed by atoms with Crippen molar-refractivity contribution in [3.8, 4) is 5.88 Å². The number of rotatable bonds is 7. The number of hydrogen-bond donors (Lipinski definition) is 0. The van der Waals surface area contributed by atoms with E-state index in [1.54, 1.807) is 11.9 Å². The monoisotopic (exact) mass is 329 g/mol. The molecule has 0 fully saturated rings. The maximum atomic E-state index is 11.7. The Morgan fingerprint density at radius 2 is 2.09 bits per heavy atom. The predicted molar refractivity (Wildman–Crippen MR) is 85.4 cm³/mol. The number of hydrogen-bond acceptors (Lipinski definition) is 5. The lowest BCUT2D eigenvalue weighted by molar-refractivity contribution is 0.0788. The fourth-order valence-electron chi connectivity index (χ4n) is 1.76. The van der Waals surface area contributed by atoms with Gasteiger partial charge in [-0.15, -0.1) is 0 Å². The first-order chi connectivity index (χ1) is 10.3. The summed E-state index contributed by atoms with van der Waals surface area (Å²) >= 11 is 5.96. The Morgan fingerprint density at radius 1 is 1.41 bits per heavy atom. The molecular formula is C15H24ClN3O3. The number of amides is 1. The van der Waals surface area contributed by atoms with Crippen molar-refractivity contribution in [1.29, 1.82) is 0 Å². The van der Waals surface area contributed by atoms with Crippen LogP contribution >= 0.6 is 11.6 Å². The van der Waals surface area contributed by atoms with Gasteiger partial charge in [0.05, 0.1) is 6.10 Å². The number of carbonyl (C=O) groups excluding carboxylic acids is 1. The quantitative estimate of drug-likeness (QED) is 0.717. The van der Waals surface area contributed by atoms with E-state index >= 15 is 0 Å². The smallest absolute Gasteiger partial charge is 0.409 e. The van der Waals surface area contributed by atoms with Crippen molar-refractivity contribution in [2.75, 3.05) is 13.6 Å². The van der Waals surface area contributed by atoms with Gasteiger partial charge in [-0.1, -0.05) is 18.5 Å². The van der Waals surface area contributed by atoms with Crippen LogP contribution < -0.4 is 4.74 Å². The summed E-state index contributed by atoms with van der Waals surface area (Å²) in [7, 11) is 1.71. The third kappa shape index (κ3) is 5.67. The second kappa shape index (κ2) is 8.78. The average molecular weight is 330 g/mol. The molecule has 0 aliphatic heterocycles. The molecule has 0 N–H and O–H groups in total. The highest BCUT2D eigenvalue weighted by Crippen LogP contribution is 2.22. The number of nitrogens with zero attached hydrogens (tertiary/aromatic N) is 3. The van der Waals surface area contributed by atoms with Gasteiger partial charge in [-0.05, 0) is 27.2 Å². The standard InChI is InChI=1S/C15H24ClN3O3/c1-6-12(7-8-19(5)15(20)21-10(2)3)22-14-11(4)13(16)17-9-18-14/h9-10,12H,6-8H2,1-5H3. The number of carbonyl (C=O) groups is 1. The molecule has 0 aromatic carbocycles. The molecule has 0 aliphatic rings. The van der Waals surface area contributed by atoms with E-state index in [-0.39, 0.29) is 18.3 Å². The minimum Gasteiger partial charge on any atom is -0.474 e. The zero-order chi connectivity index (χ0) is 16.7. The minimum absolute atomic E-state index is 0.0565. The van der Waals surface area contributed by atoms with Crippen LogP contribution in [0.1, 0.15) is 39.2 Å². The third-order valence-electron chi connectivity index (χ3n) is 3.14. The normalized spacial score (nSPS) is 12.1. The lowest BCUT2D eigenvalue weighted by Crippen LogP contribution is -2.33. The molecule has 0 bridgehead atoms. The van der Waals surface area contributed by atoms with Gasteiger partial charge in [0.2, 0.25) is 5.88 Å². The van der Waals surface area contributed by atoms with Gasteiger partial charge >= 0.3 is 6.09 Å². The summed E-state index contributed by atoms with van der Waals surface area (Å²) in [6.45, 7) is 8.03. The first-order valence-corrected chi connectivity index (χ1v) is 7.78. The molecule has 0 saturated heterocycles. The van der Waals surface area contributed by atoms with E-state index in [1.165, 1.54) is 6.33 Å². The molecule has 1 amide bonds. The van der Waals surface area contributed by atoms with Crippen molar-refractivity contribution in [3.05, 3.63) is 17.0 Å². The van der Waals surface area contributed by atoms with E-state index < -0.39 is 0 Å². The highest BCUT2D eigenvalue weighted by molar-refractivity contribution is 6.30. The fourth-order valence-corrected chi connectivity index (χ4v) is 1.88. The molecule has 0 saturated carbocycles. The number of ether oxygens (including phenoxy) is 2. The maximum Gasteiger partial charge on any atom is 0.409 e. The third-order valence-corrected chi connectivity index (χ3v) is 3.53. The summed E-state index contributed by atoms with van der Waals surface area (Å²) in [6, 6.07) is 0. The molecule has 0 spiro atoms. The lowest BCUT2D eigenvalue weighted by atomic mass is 10.2. The molecule has 1 atom stereocenters. The van der Waals surface area contributed by atoms with Crippen molar-refractivity contribution in [1.82, 2.24) is 14.9 Å². The average Bonchev–Trinajstić information content (AvgIpc) is 2.46. The zero-order valence-electron chi connectivity index (χ0n) is 13.8. The second-order valence-corrected chi connectivity index (χ2v) is 5.74. The molecule has 1 aromatic rings. The first-order valence-electron chi connectivity index (χ1n) is 7.40. The van der Waals surface area contributed by atoms with Crippen molar-refractivity contribution < 1.29 is 14.3 Å². The molecule has 1 aromatic heterocycles. The highest BCUT2D eigenvalue weighted by atomic mass is 35.5. The van der Waals surface area contributed by atoms with E-state index in [0.29, 0.717) is 24.0 Å². The molecule has 1 unspecified atom stereocenters. The van der Waals surface area contributed by atoms with Crippen LogP contribution in [0.25, 0.3) is 0 Å². The second-order valence-electron chi connectivity index (χ2n) is 5.39. The van der Waals surface area contributed by atoms with Crippen LogP contribution in [0.5, 0.6) is 5.88 Å². The Hall–Kier alpha value is -1.56. The fraction of sp³-hybridized carbons (Fsp3) is 0.667. The molecular weight excluding hydrogens is 306 g/mol. The molecule has 0 radical (unpaired) electrons. The van der Waals surface area contributed by atoms with Crippen molar-refractivity contribution in [2.45, 2.75) is 52.7 Å². The van der Waals surface area contributed by atoms with Gasteiger partial charge < -0.3 is 14.4 Å². The zero-order valence-corrected chi connectivity index (χ0v) is 14.6. The number of halogens is 1. The summed E-state index contributed by atoms with van der Waals surface area (Å²) in [5, 5.41) is 0.387. The van der Waals surface area contributed by atoms with Crippen LogP contribution in [0, 0.1) is 6.92 Å². The lowest BCUT2D eigenvalue weighted by Gasteiger charge is -2.22. The Bertz CT molecular complexity index is 497. The van der Waals surface area contributed by atoms with E-state index in [1.807, 2.05) is 27.7 Å². The van der Waals surface area contributed by atoms with E-state index in [2.05, 4.69) is 9.97 Å². The molecule has 124 valence electrons. The number of aromatic nitrogens is 2. The van der Waals surface area contributed by atoms with Crippen molar-refractivity contribution in [3.63, 3.8) is 0 Å². The summed E-state index contributed by atoms with van der Waals surface area (Å²) in [4.78, 5) is 21.3. The SMILES string of the molecule is CCC(CCN(C)C(=O)OC(C)C)Oc1ncnc(Cl)c1C. The van der Waals surface area contributed by atoms with Crippen LogP contribution in [0.15, 0.2) is 6.33 Å². The Balaban J connectivity index is 2.55. The minimum atomic E-state index is -0.328.